The zero-order valence-electron chi connectivity index (χ0n) is 15.5. The number of benzene rings is 1. The van der Waals surface area contributed by atoms with Gasteiger partial charge in [-0.05, 0) is 35.1 Å². The largest absolute Gasteiger partial charge is 0.391 e. The van der Waals surface area contributed by atoms with Crippen LogP contribution in [0.25, 0.3) is 0 Å². The molecule has 1 aliphatic heterocycles. The highest BCUT2D eigenvalue weighted by Crippen LogP contribution is 2.24. The molecule has 1 fully saturated rings. The van der Waals surface area contributed by atoms with Gasteiger partial charge in [-0.2, -0.15) is 0 Å². The first-order valence-corrected chi connectivity index (χ1v) is 9.99. The van der Waals surface area contributed by atoms with Crippen LogP contribution in [0.4, 0.5) is 5.00 Å². The first kappa shape index (κ1) is 19.5. The normalized spacial score (nSPS) is 19.3. The molecule has 0 saturated carbocycles. The van der Waals surface area contributed by atoms with E-state index in [4.69, 9.17) is 0 Å². The molecule has 2 unspecified atom stereocenters. The van der Waals surface area contributed by atoms with Crippen LogP contribution in [0.1, 0.15) is 46.0 Å². The van der Waals surface area contributed by atoms with Crippen molar-refractivity contribution >= 4 is 28.2 Å². The summed E-state index contributed by atoms with van der Waals surface area (Å²) in [5.41, 5.74) is 2.17. The third kappa shape index (κ3) is 4.74. The maximum atomic E-state index is 12.5. The van der Waals surface area contributed by atoms with E-state index in [-0.39, 0.29) is 17.7 Å². The van der Waals surface area contributed by atoms with Crippen LogP contribution in [0.5, 0.6) is 0 Å². The molecule has 0 aliphatic carbocycles. The minimum absolute atomic E-state index is 0.00472. The van der Waals surface area contributed by atoms with Gasteiger partial charge < -0.3 is 21.1 Å². The van der Waals surface area contributed by atoms with Gasteiger partial charge in [0.2, 0.25) is 0 Å². The highest BCUT2D eigenvalue weighted by Gasteiger charge is 2.25. The summed E-state index contributed by atoms with van der Waals surface area (Å²) in [4.78, 5) is 25.0. The molecule has 1 aromatic heterocycles. The lowest BCUT2D eigenvalue weighted by molar-refractivity contribution is 0.0928. The number of hydrogen-bond donors (Lipinski definition) is 4. The maximum absolute atomic E-state index is 12.5. The number of β-amino-alcohol motifs (C(OH)–C–C–N with tert-alkyl or cyclic N) is 1. The molecule has 27 heavy (non-hydrogen) atoms. The van der Waals surface area contributed by atoms with E-state index < -0.39 is 6.10 Å². The topological polar surface area (TPSA) is 90.5 Å². The molecule has 2 heterocycles. The van der Waals surface area contributed by atoms with Crippen LogP contribution >= 0.6 is 11.3 Å². The molecule has 2 aromatic rings. The lowest BCUT2D eigenvalue weighted by atomic mass is 10.0. The van der Waals surface area contributed by atoms with Crippen molar-refractivity contribution in [2.45, 2.75) is 25.9 Å². The fourth-order valence-electron chi connectivity index (χ4n) is 3.03. The molecule has 1 saturated heterocycles. The molecular weight excluding hydrogens is 362 g/mol. The van der Waals surface area contributed by atoms with E-state index in [0.29, 0.717) is 41.7 Å². The van der Waals surface area contributed by atoms with E-state index in [1.807, 2.05) is 12.1 Å². The number of rotatable bonds is 6. The lowest BCUT2D eigenvalue weighted by Crippen LogP contribution is -2.34. The Bertz CT molecular complexity index is 801. The number of thiophene rings is 1. The Morgan fingerprint density at radius 2 is 1.93 bits per heavy atom. The quantitative estimate of drug-likeness (QED) is 0.613. The summed E-state index contributed by atoms with van der Waals surface area (Å²) >= 11 is 1.31. The summed E-state index contributed by atoms with van der Waals surface area (Å²) in [6.45, 7) is 5.84. The van der Waals surface area contributed by atoms with Crippen LogP contribution in [-0.4, -0.2) is 42.7 Å². The molecule has 4 N–H and O–H groups in total. The van der Waals surface area contributed by atoms with E-state index in [1.165, 1.54) is 16.9 Å². The van der Waals surface area contributed by atoms with Gasteiger partial charge in [-0.15, -0.1) is 11.3 Å². The minimum Gasteiger partial charge on any atom is -0.391 e. The third-order valence-corrected chi connectivity index (χ3v) is 5.64. The number of aliphatic hydroxyl groups excluding tert-OH is 1. The second-order valence-corrected chi connectivity index (χ2v) is 8.01. The Labute approximate surface area is 163 Å². The molecule has 7 heteroatoms. The van der Waals surface area contributed by atoms with Crippen molar-refractivity contribution in [1.29, 1.82) is 0 Å². The maximum Gasteiger partial charge on any atom is 0.256 e. The zero-order valence-corrected chi connectivity index (χ0v) is 16.3. The molecule has 2 atom stereocenters. The average molecular weight is 388 g/mol. The number of hydrogen-bond acceptors (Lipinski definition) is 5. The summed E-state index contributed by atoms with van der Waals surface area (Å²) in [5.74, 6) is -0.0774. The molecule has 6 nitrogen and oxygen atoms in total. The van der Waals surface area contributed by atoms with Gasteiger partial charge in [0.05, 0.1) is 11.7 Å². The summed E-state index contributed by atoms with van der Waals surface area (Å²) < 4.78 is 0. The number of amides is 2. The van der Waals surface area contributed by atoms with Crippen LogP contribution < -0.4 is 16.0 Å². The van der Waals surface area contributed by atoms with Crippen LogP contribution in [0.2, 0.25) is 0 Å². The molecule has 3 rings (SSSR count). The van der Waals surface area contributed by atoms with E-state index >= 15 is 0 Å². The fourth-order valence-corrected chi connectivity index (χ4v) is 3.81. The van der Waals surface area contributed by atoms with Crippen molar-refractivity contribution in [3.63, 3.8) is 0 Å². The Morgan fingerprint density at radius 1 is 1.19 bits per heavy atom. The SMILES string of the molecule is CC(C)c1ccc(C(=O)Nc2sccc2C(=O)NCC2CNCC2O)cc1. The number of nitrogens with one attached hydrogen (secondary N) is 3. The zero-order chi connectivity index (χ0) is 19.4. The van der Waals surface area contributed by atoms with E-state index in [1.54, 1.807) is 23.6 Å². The fraction of sp³-hybridized carbons (Fsp3) is 0.400. The van der Waals surface area contributed by atoms with Crippen molar-refractivity contribution < 1.29 is 14.7 Å². The second kappa shape index (κ2) is 8.65. The van der Waals surface area contributed by atoms with Gasteiger partial charge in [0, 0.05) is 31.1 Å². The molecule has 0 bridgehead atoms. The van der Waals surface area contributed by atoms with Crippen molar-refractivity contribution in [3.8, 4) is 0 Å². The average Bonchev–Trinajstić information content (AvgIpc) is 3.28. The molecule has 0 spiro atoms. The Kier molecular flexibility index (Phi) is 6.26. The Hall–Kier alpha value is -2.22. The van der Waals surface area contributed by atoms with Gasteiger partial charge in [-0.25, -0.2) is 0 Å². The van der Waals surface area contributed by atoms with Crippen LogP contribution in [0, 0.1) is 5.92 Å². The summed E-state index contributed by atoms with van der Waals surface area (Å²) in [6, 6.07) is 9.19. The van der Waals surface area contributed by atoms with Gasteiger partial charge in [0.25, 0.3) is 11.8 Å². The minimum atomic E-state index is -0.444. The van der Waals surface area contributed by atoms with Crippen LogP contribution in [0.15, 0.2) is 35.7 Å². The van der Waals surface area contributed by atoms with E-state index in [0.717, 1.165) is 0 Å². The predicted octanol–water partition coefficient (Wildman–Crippen LogP) is 2.43. The molecule has 0 radical (unpaired) electrons. The van der Waals surface area contributed by atoms with Gasteiger partial charge in [0.1, 0.15) is 5.00 Å². The van der Waals surface area contributed by atoms with Crippen LogP contribution in [-0.2, 0) is 0 Å². The second-order valence-electron chi connectivity index (χ2n) is 7.09. The van der Waals surface area contributed by atoms with Crippen molar-refractivity contribution in [2.24, 2.45) is 5.92 Å². The number of aliphatic hydroxyl groups is 1. The van der Waals surface area contributed by atoms with Gasteiger partial charge in [0.15, 0.2) is 0 Å². The van der Waals surface area contributed by atoms with Crippen molar-refractivity contribution in [3.05, 3.63) is 52.4 Å². The molecule has 1 aromatic carbocycles. The number of anilines is 1. The summed E-state index contributed by atoms with van der Waals surface area (Å²) in [7, 11) is 0. The molecule has 144 valence electrons. The van der Waals surface area contributed by atoms with Gasteiger partial charge in [-0.3, -0.25) is 9.59 Å². The smallest absolute Gasteiger partial charge is 0.256 e. The standard InChI is InChI=1S/C20H25N3O3S/c1-12(2)13-3-5-14(6-4-13)18(25)23-20-16(7-8-27-20)19(26)22-10-15-9-21-11-17(15)24/h3-8,12,15,17,21,24H,9-11H2,1-2H3,(H,22,26)(H,23,25). The van der Waals surface area contributed by atoms with E-state index in [2.05, 4.69) is 29.8 Å². The summed E-state index contributed by atoms with van der Waals surface area (Å²) in [5, 5.41) is 20.9. The number of carbonyl (C=O) groups excluding carboxylic acids is 2. The van der Waals surface area contributed by atoms with Gasteiger partial charge in [-0.1, -0.05) is 26.0 Å². The molecular formula is C20H25N3O3S. The first-order valence-electron chi connectivity index (χ1n) is 9.11. The molecule has 2 amide bonds. The van der Waals surface area contributed by atoms with Crippen LogP contribution in [0.3, 0.4) is 0 Å². The first-order chi connectivity index (χ1) is 13.0. The lowest BCUT2D eigenvalue weighted by Gasteiger charge is -2.14. The van der Waals surface area contributed by atoms with E-state index in [9.17, 15) is 14.7 Å². The Balaban J connectivity index is 1.62. The highest BCUT2D eigenvalue weighted by atomic mass is 32.1. The molecule has 1 aliphatic rings. The highest BCUT2D eigenvalue weighted by molar-refractivity contribution is 7.14. The van der Waals surface area contributed by atoms with Gasteiger partial charge >= 0.3 is 0 Å². The predicted molar refractivity (Wildman–Crippen MR) is 108 cm³/mol. The van der Waals surface area contributed by atoms with Crippen molar-refractivity contribution in [1.82, 2.24) is 10.6 Å². The Morgan fingerprint density at radius 3 is 2.56 bits per heavy atom. The van der Waals surface area contributed by atoms with Crippen molar-refractivity contribution in [2.75, 3.05) is 25.0 Å². The monoisotopic (exact) mass is 387 g/mol. The number of carbonyl (C=O) groups is 2. The summed E-state index contributed by atoms with van der Waals surface area (Å²) in [6.07, 6.45) is -0.444. The third-order valence-electron chi connectivity index (χ3n) is 4.81.